The van der Waals surface area contributed by atoms with Crippen molar-refractivity contribution in [2.75, 3.05) is 26.6 Å². The summed E-state index contributed by atoms with van der Waals surface area (Å²) >= 11 is 0. The van der Waals surface area contributed by atoms with E-state index in [1.54, 1.807) is 29.1 Å². The van der Waals surface area contributed by atoms with E-state index in [0.29, 0.717) is 35.2 Å². The first kappa shape index (κ1) is 18.3. The Hall–Kier alpha value is -3.48. The van der Waals surface area contributed by atoms with Crippen molar-refractivity contribution in [3.05, 3.63) is 65.9 Å². The topological polar surface area (TPSA) is 74.6 Å². The lowest BCUT2D eigenvalue weighted by molar-refractivity contribution is 0.102. The van der Waals surface area contributed by atoms with Gasteiger partial charge in [-0.3, -0.25) is 4.79 Å². The number of ether oxygens (including phenoxy) is 3. The number of hydrogen-bond donors (Lipinski definition) is 1. The number of anilines is 1. The van der Waals surface area contributed by atoms with Gasteiger partial charge >= 0.3 is 0 Å². The van der Waals surface area contributed by atoms with Gasteiger partial charge < -0.3 is 19.5 Å². The van der Waals surface area contributed by atoms with Crippen LogP contribution in [0.1, 0.15) is 15.9 Å². The van der Waals surface area contributed by atoms with E-state index in [0.717, 1.165) is 5.56 Å². The number of nitrogens with zero attached hydrogens (tertiary/aromatic N) is 2. The van der Waals surface area contributed by atoms with Crippen LogP contribution in [0.15, 0.2) is 54.7 Å². The van der Waals surface area contributed by atoms with Gasteiger partial charge in [0.25, 0.3) is 5.91 Å². The molecule has 0 aliphatic heterocycles. The fraction of sp³-hybridized carbons (Fsp3) is 0.200. The Balaban J connectivity index is 1.85. The van der Waals surface area contributed by atoms with Crippen molar-refractivity contribution in [1.29, 1.82) is 0 Å². The maximum atomic E-state index is 12.8. The molecule has 3 aromatic rings. The molecule has 7 nitrogen and oxygen atoms in total. The van der Waals surface area contributed by atoms with Crippen molar-refractivity contribution >= 4 is 11.7 Å². The summed E-state index contributed by atoms with van der Waals surface area (Å²) in [6.07, 6.45) is 1.64. The summed E-state index contributed by atoms with van der Waals surface area (Å²) < 4.78 is 17.6. The van der Waals surface area contributed by atoms with E-state index >= 15 is 0 Å². The van der Waals surface area contributed by atoms with Crippen molar-refractivity contribution in [2.24, 2.45) is 0 Å². The largest absolute Gasteiger partial charge is 0.496 e. The van der Waals surface area contributed by atoms with Crippen molar-refractivity contribution < 1.29 is 19.0 Å². The second-order valence-electron chi connectivity index (χ2n) is 5.72. The average molecular weight is 367 g/mol. The lowest BCUT2D eigenvalue weighted by atomic mass is 10.1. The molecule has 1 heterocycles. The minimum absolute atomic E-state index is 0.331. The van der Waals surface area contributed by atoms with Gasteiger partial charge in [-0.1, -0.05) is 30.3 Å². The Morgan fingerprint density at radius 1 is 0.963 bits per heavy atom. The number of amides is 1. The number of benzene rings is 2. The molecule has 0 saturated heterocycles. The first-order valence-electron chi connectivity index (χ1n) is 8.33. The zero-order valence-corrected chi connectivity index (χ0v) is 15.4. The minimum Gasteiger partial charge on any atom is -0.496 e. The molecule has 140 valence electrons. The van der Waals surface area contributed by atoms with Gasteiger partial charge in [0.2, 0.25) is 0 Å². The summed E-state index contributed by atoms with van der Waals surface area (Å²) in [4.78, 5) is 12.8. The maximum Gasteiger partial charge on any atom is 0.260 e. The smallest absolute Gasteiger partial charge is 0.260 e. The molecular weight excluding hydrogens is 346 g/mol. The van der Waals surface area contributed by atoms with Gasteiger partial charge in [0.1, 0.15) is 11.6 Å². The summed E-state index contributed by atoms with van der Waals surface area (Å²) in [5.74, 6) is 1.57. The van der Waals surface area contributed by atoms with Crippen LogP contribution >= 0.6 is 0 Å². The van der Waals surface area contributed by atoms with E-state index in [1.165, 1.54) is 21.3 Å². The predicted molar refractivity (Wildman–Crippen MR) is 102 cm³/mol. The molecule has 0 bridgehead atoms. The first-order chi connectivity index (χ1) is 13.2. The number of aromatic nitrogens is 2. The number of carbonyl (C=O) groups excluding carboxylic acids is 1. The third-order valence-corrected chi connectivity index (χ3v) is 4.08. The molecule has 0 aliphatic rings. The fourth-order valence-corrected chi connectivity index (χ4v) is 2.71. The van der Waals surface area contributed by atoms with Crippen molar-refractivity contribution in [3.8, 4) is 17.2 Å². The molecule has 1 amide bonds. The summed E-state index contributed by atoms with van der Waals surface area (Å²) in [6, 6.07) is 14.8. The highest BCUT2D eigenvalue weighted by molar-refractivity contribution is 6.06. The summed E-state index contributed by atoms with van der Waals surface area (Å²) in [6.45, 7) is 0.548. The normalized spacial score (nSPS) is 10.3. The van der Waals surface area contributed by atoms with E-state index in [4.69, 9.17) is 14.2 Å². The first-order valence-corrected chi connectivity index (χ1v) is 8.33. The molecule has 0 spiro atoms. The number of nitrogens with one attached hydrogen (secondary N) is 1. The summed E-state index contributed by atoms with van der Waals surface area (Å²) in [7, 11) is 4.54. The molecule has 0 fully saturated rings. The van der Waals surface area contributed by atoms with Gasteiger partial charge in [-0.15, -0.1) is 0 Å². The molecule has 0 unspecified atom stereocenters. The molecule has 2 aromatic carbocycles. The zero-order chi connectivity index (χ0) is 19.2. The van der Waals surface area contributed by atoms with Gasteiger partial charge in [-0.25, -0.2) is 4.68 Å². The Morgan fingerprint density at radius 3 is 2.30 bits per heavy atom. The van der Waals surface area contributed by atoms with Crippen LogP contribution in [0.5, 0.6) is 17.2 Å². The quantitative estimate of drug-likeness (QED) is 0.694. The van der Waals surface area contributed by atoms with Crippen LogP contribution in [0.25, 0.3) is 0 Å². The lowest BCUT2D eigenvalue weighted by Gasteiger charge is -2.14. The number of hydrogen-bond acceptors (Lipinski definition) is 5. The second kappa shape index (κ2) is 8.27. The van der Waals surface area contributed by atoms with Crippen LogP contribution in [0, 0.1) is 0 Å². The van der Waals surface area contributed by atoms with E-state index < -0.39 is 0 Å². The molecule has 0 saturated carbocycles. The minimum atomic E-state index is -0.331. The van der Waals surface area contributed by atoms with Crippen LogP contribution in [0.4, 0.5) is 5.82 Å². The number of carbonyl (C=O) groups is 1. The maximum absolute atomic E-state index is 12.8. The van der Waals surface area contributed by atoms with Crippen LogP contribution in [-0.2, 0) is 6.54 Å². The Bertz CT molecular complexity index is 922. The summed E-state index contributed by atoms with van der Waals surface area (Å²) in [5, 5.41) is 7.16. The zero-order valence-electron chi connectivity index (χ0n) is 15.4. The summed E-state index contributed by atoms with van der Waals surface area (Å²) in [5.41, 5.74) is 1.42. The van der Waals surface area contributed by atoms with E-state index in [1.807, 2.05) is 30.3 Å². The molecule has 27 heavy (non-hydrogen) atoms. The van der Waals surface area contributed by atoms with E-state index in [-0.39, 0.29) is 5.91 Å². The molecule has 0 radical (unpaired) electrons. The Kier molecular flexibility index (Phi) is 5.61. The van der Waals surface area contributed by atoms with Crippen molar-refractivity contribution in [1.82, 2.24) is 9.78 Å². The van der Waals surface area contributed by atoms with Gasteiger partial charge in [0.15, 0.2) is 11.5 Å². The standard InChI is InChI=1S/C20H21N3O4/c1-25-16-12-18(27-3)17(26-2)11-15(16)20(24)22-19-9-10-21-23(19)13-14-7-5-4-6-8-14/h4-12H,13H2,1-3H3,(H,22,24). The van der Waals surface area contributed by atoms with Gasteiger partial charge in [-0.2, -0.15) is 5.10 Å². The van der Waals surface area contributed by atoms with Crippen LogP contribution in [0.3, 0.4) is 0 Å². The molecule has 7 heteroatoms. The monoisotopic (exact) mass is 367 g/mol. The highest BCUT2D eigenvalue weighted by atomic mass is 16.5. The molecular formula is C20H21N3O4. The van der Waals surface area contributed by atoms with Gasteiger partial charge in [0.05, 0.1) is 39.6 Å². The van der Waals surface area contributed by atoms with Gasteiger partial charge in [0, 0.05) is 18.2 Å². The van der Waals surface area contributed by atoms with Crippen molar-refractivity contribution in [2.45, 2.75) is 6.54 Å². The Labute approximate surface area is 157 Å². The van der Waals surface area contributed by atoms with E-state index in [2.05, 4.69) is 10.4 Å². The second-order valence-corrected chi connectivity index (χ2v) is 5.72. The molecule has 1 N–H and O–H groups in total. The van der Waals surface area contributed by atoms with Crippen LogP contribution in [-0.4, -0.2) is 37.0 Å². The molecule has 3 rings (SSSR count). The predicted octanol–water partition coefficient (Wildman–Crippen LogP) is 3.21. The molecule has 1 aromatic heterocycles. The average Bonchev–Trinajstić information content (AvgIpc) is 3.13. The van der Waals surface area contributed by atoms with Crippen LogP contribution < -0.4 is 19.5 Å². The van der Waals surface area contributed by atoms with Gasteiger partial charge in [-0.05, 0) is 5.56 Å². The lowest BCUT2D eigenvalue weighted by Crippen LogP contribution is -2.17. The third kappa shape index (κ3) is 4.03. The SMILES string of the molecule is COc1cc(OC)c(C(=O)Nc2ccnn2Cc2ccccc2)cc1OC. The molecule has 0 atom stereocenters. The van der Waals surface area contributed by atoms with Crippen molar-refractivity contribution in [3.63, 3.8) is 0 Å². The number of rotatable bonds is 7. The highest BCUT2D eigenvalue weighted by Gasteiger charge is 2.19. The highest BCUT2D eigenvalue weighted by Crippen LogP contribution is 2.34. The fourth-order valence-electron chi connectivity index (χ4n) is 2.71. The van der Waals surface area contributed by atoms with Crippen LogP contribution in [0.2, 0.25) is 0 Å². The van der Waals surface area contributed by atoms with E-state index in [9.17, 15) is 4.79 Å². The Morgan fingerprint density at radius 2 is 1.63 bits per heavy atom. The third-order valence-electron chi connectivity index (χ3n) is 4.08. The number of methoxy groups -OCH3 is 3. The molecule has 0 aliphatic carbocycles.